The van der Waals surface area contributed by atoms with Crippen LogP contribution in [0.2, 0.25) is 5.02 Å². The number of fused-ring (bicyclic) bond motifs is 1. The van der Waals surface area contributed by atoms with Crippen molar-refractivity contribution in [2.45, 2.75) is 18.4 Å². The number of rotatable bonds is 5. The average Bonchev–Trinajstić information content (AvgIpc) is 2.96. The van der Waals surface area contributed by atoms with Crippen molar-refractivity contribution in [2.75, 3.05) is 18.5 Å². The molecule has 0 aliphatic heterocycles. The summed E-state index contributed by atoms with van der Waals surface area (Å²) in [4.78, 5) is 12.1. The summed E-state index contributed by atoms with van der Waals surface area (Å²) in [6.07, 6.45) is 1.55. The molecular weight excluding hydrogens is 331 g/mol. The van der Waals surface area contributed by atoms with E-state index in [4.69, 9.17) is 11.6 Å². The van der Waals surface area contributed by atoms with Crippen molar-refractivity contribution in [1.82, 2.24) is 5.32 Å². The first-order valence-electron chi connectivity index (χ1n) is 7.73. The fraction of sp³-hybridized carbons (Fsp3) is 0.278. The van der Waals surface area contributed by atoms with Gasteiger partial charge >= 0.3 is 0 Å². The van der Waals surface area contributed by atoms with Gasteiger partial charge in [-0.2, -0.15) is 0 Å². The highest BCUT2D eigenvalue weighted by Crippen LogP contribution is 2.36. The van der Waals surface area contributed by atoms with Crippen molar-refractivity contribution >= 4 is 23.2 Å². The van der Waals surface area contributed by atoms with Gasteiger partial charge in [-0.05, 0) is 42.2 Å². The van der Waals surface area contributed by atoms with Crippen LogP contribution in [0.25, 0.3) is 0 Å². The normalized spacial score (nSPS) is 19.1. The Kier molecular flexibility index (Phi) is 4.85. The van der Waals surface area contributed by atoms with E-state index in [0.717, 1.165) is 12.0 Å². The predicted octanol–water partition coefficient (Wildman–Crippen LogP) is 2.84. The number of aryl methyl sites for hydroxylation is 1. The highest BCUT2D eigenvalue weighted by atomic mass is 35.5. The summed E-state index contributed by atoms with van der Waals surface area (Å²) in [5.74, 6) is -0.941. The summed E-state index contributed by atoms with van der Waals surface area (Å²) >= 11 is 5.82. The molecule has 0 aromatic heterocycles. The van der Waals surface area contributed by atoms with E-state index in [0.29, 0.717) is 11.4 Å². The summed E-state index contributed by atoms with van der Waals surface area (Å²) in [5, 5.41) is 15.9. The lowest BCUT2D eigenvalue weighted by Crippen LogP contribution is -2.47. The number of hydrogen-bond acceptors (Lipinski definition) is 3. The van der Waals surface area contributed by atoms with E-state index in [2.05, 4.69) is 10.6 Å². The van der Waals surface area contributed by atoms with Crippen LogP contribution in [0.1, 0.15) is 17.5 Å². The third-order valence-electron chi connectivity index (χ3n) is 4.41. The quantitative estimate of drug-likeness (QED) is 0.778. The van der Waals surface area contributed by atoms with Gasteiger partial charge in [-0.25, -0.2) is 4.39 Å². The monoisotopic (exact) mass is 348 g/mol. The third kappa shape index (κ3) is 3.29. The zero-order chi connectivity index (χ0) is 17.2. The van der Waals surface area contributed by atoms with E-state index in [1.54, 1.807) is 0 Å². The summed E-state index contributed by atoms with van der Waals surface area (Å²) in [6, 6.07) is 11.8. The maximum absolute atomic E-state index is 13.7. The Balaban J connectivity index is 1.69. The van der Waals surface area contributed by atoms with Gasteiger partial charge in [0.2, 0.25) is 5.91 Å². The fourth-order valence-corrected chi connectivity index (χ4v) is 3.30. The number of carbonyl (C=O) groups is 1. The Hall–Kier alpha value is -1.95. The Labute approximate surface area is 144 Å². The SMILES string of the molecule is O=C(CNC1(CO)CCc2ccccc21)Nc1cc(Cl)ccc1F. The van der Waals surface area contributed by atoms with Crippen LogP contribution in [0.5, 0.6) is 0 Å². The van der Waals surface area contributed by atoms with E-state index in [1.165, 1.54) is 23.8 Å². The van der Waals surface area contributed by atoms with Gasteiger partial charge in [0.25, 0.3) is 0 Å². The molecule has 3 rings (SSSR count). The first-order chi connectivity index (χ1) is 11.5. The third-order valence-corrected chi connectivity index (χ3v) is 4.65. The van der Waals surface area contributed by atoms with Crippen molar-refractivity contribution in [3.05, 3.63) is 64.4 Å². The first kappa shape index (κ1) is 16.9. The number of nitrogens with one attached hydrogen (secondary N) is 2. The molecule has 0 saturated heterocycles. The highest BCUT2D eigenvalue weighted by Gasteiger charge is 2.37. The van der Waals surface area contributed by atoms with Crippen LogP contribution in [-0.4, -0.2) is 24.2 Å². The number of aliphatic hydroxyl groups excluding tert-OH is 1. The molecule has 0 fully saturated rings. The molecule has 4 nitrogen and oxygen atoms in total. The van der Waals surface area contributed by atoms with E-state index in [-0.39, 0.29) is 18.8 Å². The zero-order valence-corrected chi connectivity index (χ0v) is 13.7. The zero-order valence-electron chi connectivity index (χ0n) is 13.0. The number of benzene rings is 2. The number of carbonyl (C=O) groups excluding carboxylic acids is 1. The number of halogens is 2. The minimum Gasteiger partial charge on any atom is -0.394 e. The van der Waals surface area contributed by atoms with Gasteiger partial charge in [-0.3, -0.25) is 10.1 Å². The standard InChI is InChI=1S/C18H18ClFN2O2/c19-13-5-6-15(20)16(9-13)22-17(24)10-21-18(11-23)8-7-12-3-1-2-4-14(12)18/h1-6,9,21,23H,7-8,10-11H2,(H,22,24). The topological polar surface area (TPSA) is 61.4 Å². The number of anilines is 1. The molecule has 0 saturated carbocycles. The Morgan fingerprint density at radius 1 is 1.29 bits per heavy atom. The maximum Gasteiger partial charge on any atom is 0.238 e. The lowest BCUT2D eigenvalue weighted by atomic mass is 9.92. The van der Waals surface area contributed by atoms with Gasteiger partial charge in [0.15, 0.2) is 0 Å². The molecule has 0 bridgehead atoms. The molecule has 126 valence electrons. The second-order valence-electron chi connectivity index (χ2n) is 5.92. The summed E-state index contributed by atoms with van der Waals surface area (Å²) in [7, 11) is 0. The van der Waals surface area contributed by atoms with Crippen molar-refractivity contribution < 1.29 is 14.3 Å². The predicted molar refractivity (Wildman–Crippen MR) is 91.6 cm³/mol. The van der Waals surface area contributed by atoms with Gasteiger partial charge in [0.1, 0.15) is 5.82 Å². The Bertz CT molecular complexity index is 768. The van der Waals surface area contributed by atoms with Crippen LogP contribution in [0, 0.1) is 5.82 Å². The van der Waals surface area contributed by atoms with Gasteiger partial charge < -0.3 is 10.4 Å². The van der Waals surface area contributed by atoms with Gasteiger partial charge in [-0.1, -0.05) is 35.9 Å². The molecule has 1 unspecified atom stereocenters. The summed E-state index contributed by atoms with van der Waals surface area (Å²) in [6.45, 7) is -0.149. The van der Waals surface area contributed by atoms with Crippen molar-refractivity contribution in [3.8, 4) is 0 Å². The van der Waals surface area contributed by atoms with E-state index in [9.17, 15) is 14.3 Å². The van der Waals surface area contributed by atoms with Gasteiger partial charge in [0.05, 0.1) is 24.4 Å². The minimum absolute atomic E-state index is 0.0408. The fourth-order valence-electron chi connectivity index (χ4n) is 3.13. The van der Waals surface area contributed by atoms with E-state index in [1.807, 2.05) is 24.3 Å². The minimum atomic E-state index is -0.638. The maximum atomic E-state index is 13.7. The molecule has 1 aliphatic rings. The van der Waals surface area contributed by atoms with Crippen LogP contribution in [0.15, 0.2) is 42.5 Å². The van der Waals surface area contributed by atoms with Crippen LogP contribution in [-0.2, 0) is 16.8 Å². The molecule has 1 amide bonds. The number of amides is 1. The number of aliphatic hydroxyl groups is 1. The van der Waals surface area contributed by atoms with Crippen LogP contribution >= 0.6 is 11.6 Å². The van der Waals surface area contributed by atoms with Crippen molar-refractivity contribution in [3.63, 3.8) is 0 Å². The molecule has 0 spiro atoms. The van der Waals surface area contributed by atoms with E-state index < -0.39 is 17.3 Å². The lowest BCUT2D eigenvalue weighted by Gasteiger charge is -2.29. The molecule has 1 atom stereocenters. The smallest absolute Gasteiger partial charge is 0.238 e. The van der Waals surface area contributed by atoms with Crippen molar-refractivity contribution in [1.29, 1.82) is 0 Å². The number of hydrogen-bond donors (Lipinski definition) is 3. The first-order valence-corrected chi connectivity index (χ1v) is 8.11. The molecule has 0 radical (unpaired) electrons. The molecule has 0 heterocycles. The van der Waals surface area contributed by atoms with Gasteiger partial charge in [-0.15, -0.1) is 0 Å². The van der Waals surface area contributed by atoms with E-state index >= 15 is 0 Å². The molecule has 2 aromatic rings. The van der Waals surface area contributed by atoms with Gasteiger partial charge in [0, 0.05) is 5.02 Å². The lowest BCUT2D eigenvalue weighted by molar-refractivity contribution is -0.115. The van der Waals surface area contributed by atoms with Crippen LogP contribution < -0.4 is 10.6 Å². The molecule has 24 heavy (non-hydrogen) atoms. The largest absolute Gasteiger partial charge is 0.394 e. The van der Waals surface area contributed by atoms with Crippen LogP contribution in [0.3, 0.4) is 0 Å². The highest BCUT2D eigenvalue weighted by molar-refractivity contribution is 6.30. The Morgan fingerprint density at radius 2 is 2.08 bits per heavy atom. The molecule has 6 heteroatoms. The summed E-state index contributed by atoms with van der Waals surface area (Å²) < 4.78 is 13.7. The molecular formula is C18H18ClFN2O2. The van der Waals surface area contributed by atoms with Crippen molar-refractivity contribution in [2.24, 2.45) is 0 Å². The van der Waals surface area contributed by atoms with Crippen LogP contribution in [0.4, 0.5) is 10.1 Å². The molecule has 2 aromatic carbocycles. The summed E-state index contributed by atoms with van der Waals surface area (Å²) in [5.41, 5.74) is 1.58. The second kappa shape index (κ2) is 6.89. The molecule has 1 aliphatic carbocycles. The Morgan fingerprint density at radius 3 is 2.88 bits per heavy atom. The average molecular weight is 349 g/mol. The molecule has 3 N–H and O–H groups in total. The second-order valence-corrected chi connectivity index (χ2v) is 6.36.